The van der Waals surface area contributed by atoms with E-state index in [4.69, 9.17) is 0 Å². The van der Waals surface area contributed by atoms with Crippen molar-refractivity contribution in [3.05, 3.63) is 36.4 Å². The van der Waals surface area contributed by atoms with Gasteiger partial charge in [-0.05, 0) is 36.3 Å². The highest BCUT2D eigenvalue weighted by Crippen LogP contribution is 2.24. The second kappa shape index (κ2) is 8.60. The maximum atomic E-state index is 12.3. The molecule has 1 nitrogen and oxygen atoms in total. The lowest BCUT2D eigenvalue weighted by Crippen LogP contribution is -2.10. The van der Waals surface area contributed by atoms with Crippen LogP contribution >= 0.6 is 11.8 Å². The van der Waals surface area contributed by atoms with Gasteiger partial charge in [-0.2, -0.15) is 0 Å². The summed E-state index contributed by atoms with van der Waals surface area (Å²) < 4.78 is 12.3. The Labute approximate surface area is 124 Å². The van der Waals surface area contributed by atoms with Crippen LogP contribution in [0.15, 0.2) is 35.7 Å². The summed E-state index contributed by atoms with van der Waals surface area (Å²) in [5, 5.41) is 0. The molecule has 106 valence electrons. The Balaban J connectivity index is 2.69. The second-order valence-electron chi connectivity index (χ2n) is 4.73. The molecule has 0 aromatic heterocycles. The fourth-order valence-corrected chi connectivity index (χ4v) is 3.87. The first kappa shape index (κ1) is 16.5. The summed E-state index contributed by atoms with van der Waals surface area (Å²) in [5.74, 6) is 1.36. The van der Waals surface area contributed by atoms with E-state index >= 15 is 0 Å². The Morgan fingerprint density at radius 3 is 2.42 bits per heavy atom. The highest BCUT2D eigenvalue weighted by atomic mass is 32.2. The Hall–Kier alpha value is -0.540. The second-order valence-corrected chi connectivity index (χ2v) is 7.12. The van der Waals surface area contributed by atoms with Gasteiger partial charge in [0.2, 0.25) is 0 Å². The zero-order valence-electron chi connectivity index (χ0n) is 12.1. The molecule has 0 amide bonds. The Morgan fingerprint density at radius 1 is 1.32 bits per heavy atom. The average molecular weight is 297 g/mol. The van der Waals surface area contributed by atoms with Crippen molar-refractivity contribution in [2.24, 2.45) is 5.92 Å². The van der Waals surface area contributed by atoms with Gasteiger partial charge in [-0.1, -0.05) is 45.4 Å². The lowest BCUT2D eigenvalue weighted by molar-refractivity contribution is 0.511. The van der Waals surface area contributed by atoms with Gasteiger partial charge in [0, 0.05) is 15.6 Å². The van der Waals surface area contributed by atoms with E-state index in [9.17, 15) is 4.21 Å². The summed E-state index contributed by atoms with van der Waals surface area (Å²) in [6.07, 6.45) is 5.47. The molecule has 0 radical (unpaired) electrons. The molecule has 0 bridgehead atoms. The molecule has 3 heteroatoms. The van der Waals surface area contributed by atoms with Crippen molar-refractivity contribution in [2.45, 2.75) is 38.0 Å². The third-order valence-electron chi connectivity index (χ3n) is 3.35. The lowest BCUT2D eigenvalue weighted by Gasteiger charge is -2.13. The first-order valence-electron chi connectivity index (χ1n) is 6.84. The van der Waals surface area contributed by atoms with Gasteiger partial charge in [0.25, 0.3) is 0 Å². The lowest BCUT2D eigenvalue weighted by atomic mass is 10.0. The van der Waals surface area contributed by atoms with Gasteiger partial charge in [-0.15, -0.1) is 11.8 Å². The van der Waals surface area contributed by atoms with Crippen molar-refractivity contribution in [3.63, 3.8) is 0 Å². The third-order valence-corrected chi connectivity index (χ3v) is 5.65. The highest BCUT2D eigenvalue weighted by molar-refractivity contribution is 8.07. The first-order chi connectivity index (χ1) is 9.12. The van der Waals surface area contributed by atoms with Crippen LogP contribution < -0.4 is 0 Å². The van der Waals surface area contributed by atoms with Gasteiger partial charge in [0.1, 0.15) is 0 Å². The smallest absolute Gasteiger partial charge is 0.0532 e. The average Bonchev–Trinajstić information content (AvgIpc) is 2.45. The van der Waals surface area contributed by atoms with Crippen LogP contribution in [-0.2, 0) is 10.8 Å². The predicted octanol–water partition coefficient (Wildman–Crippen LogP) is 4.95. The van der Waals surface area contributed by atoms with Crippen LogP contribution in [0.3, 0.4) is 0 Å². The van der Waals surface area contributed by atoms with E-state index < -0.39 is 10.8 Å². The van der Waals surface area contributed by atoms with Crippen molar-refractivity contribution < 1.29 is 4.21 Å². The zero-order valence-corrected chi connectivity index (χ0v) is 13.8. The standard InChI is InChI=1S/C16H24OS2/c1-5-7-14(6-2)12-19(17)16-10-8-15(9-11-16)13(3)18-4/h8-11,14H,3,5-7,12H2,1-2,4H3. The van der Waals surface area contributed by atoms with Crippen molar-refractivity contribution in [2.75, 3.05) is 12.0 Å². The van der Waals surface area contributed by atoms with Crippen LogP contribution in [0.25, 0.3) is 4.91 Å². The molecular formula is C16H24OS2. The van der Waals surface area contributed by atoms with Gasteiger partial charge in [-0.3, -0.25) is 4.21 Å². The molecule has 1 rings (SSSR count). The third kappa shape index (κ3) is 5.15. The quantitative estimate of drug-likeness (QED) is 0.675. The Bertz CT molecular complexity index is 423. The molecule has 0 saturated carbocycles. The molecule has 0 aliphatic carbocycles. The minimum atomic E-state index is -0.875. The summed E-state index contributed by atoms with van der Waals surface area (Å²) in [6.45, 7) is 8.36. The summed E-state index contributed by atoms with van der Waals surface area (Å²) in [6, 6.07) is 8.00. The fourth-order valence-electron chi connectivity index (χ4n) is 2.03. The van der Waals surface area contributed by atoms with E-state index in [2.05, 4.69) is 20.4 Å². The number of hydrogen-bond acceptors (Lipinski definition) is 2. The van der Waals surface area contributed by atoms with E-state index in [0.29, 0.717) is 5.92 Å². The Kier molecular flexibility index (Phi) is 7.47. The van der Waals surface area contributed by atoms with Gasteiger partial charge in [0.15, 0.2) is 0 Å². The van der Waals surface area contributed by atoms with Crippen LogP contribution in [0.2, 0.25) is 0 Å². The monoisotopic (exact) mass is 296 g/mol. The molecule has 0 heterocycles. The number of rotatable bonds is 8. The van der Waals surface area contributed by atoms with Crippen LogP contribution in [0.1, 0.15) is 38.7 Å². The SMILES string of the molecule is C=C(SC)c1ccc(S(=O)CC(CC)CCC)cc1. The first-order valence-corrected chi connectivity index (χ1v) is 9.38. The molecule has 0 aliphatic rings. The molecule has 0 fully saturated rings. The van der Waals surface area contributed by atoms with E-state index in [0.717, 1.165) is 27.5 Å². The zero-order chi connectivity index (χ0) is 14.3. The molecule has 0 aliphatic heterocycles. The summed E-state index contributed by atoms with van der Waals surface area (Å²) >= 11 is 1.64. The van der Waals surface area contributed by atoms with Crippen molar-refractivity contribution in [1.82, 2.24) is 0 Å². The van der Waals surface area contributed by atoms with Gasteiger partial charge in [-0.25, -0.2) is 0 Å². The molecule has 19 heavy (non-hydrogen) atoms. The molecule has 2 unspecified atom stereocenters. The van der Waals surface area contributed by atoms with Gasteiger partial charge in [0.05, 0.1) is 10.8 Å². The van der Waals surface area contributed by atoms with Crippen molar-refractivity contribution >= 4 is 27.5 Å². The largest absolute Gasteiger partial charge is 0.254 e. The number of thioether (sulfide) groups is 1. The van der Waals surface area contributed by atoms with Crippen LogP contribution in [0.4, 0.5) is 0 Å². The molecular weight excluding hydrogens is 272 g/mol. The van der Waals surface area contributed by atoms with E-state index in [1.165, 1.54) is 12.8 Å². The summed E-state index contributed by atoms with van der Waals surface area (Å²) in [5.41, 5.74) is 1.12. The van der Waals surface area contributed by atoms with E-state index in [1.807, 2.05) is 30.5 Å². The molecule has 0 N–H and O–H groups in total. The molecule has 1 aromatic carbocycles. The topological polar surface area (TPSA) is 17.1 Å². The maximum Gasteiger partial charge on any atom is 0.0532 e. The molecule has 0 saturated heterocycles. The number of hydrogen-bond donors (Lipinski definition) is 0. The summed E-state index contributed by atoms with van der Waals surface area (Å²) in [4.78, 5) is 1.99. The van der Waals surface area contributed by atoms with Crippen molar-refractivity contribution in [1.29, 1.82) is 0 Å². The molecule has 0 spiro atoms. The van der Waals surface area contributed by atoms with Crippen molar-refractivity contribution in [3.8, 4) is 0 Å². The number of benzene rings is 1. The minimum absolute atomic E-state index is 0.576. The summed E-state index contributed by atoms with van der Waals surface area (Å²) in [7, 11) is -0.875. The minimum Gasteiger partial charge on any atom is -0.254 e. The van der Waals surface area contributed by atoms with Crippen LogP contribution in [0, 0.1) is 5.92 Å². The fraction of sp³-hybridized carbons (Fsp3) is 0.500. The normalized spacial score (nSPS) is 14.1. The maximum absolute atomic E-state index is 12.3. The van der Waals surface area contributed by atoms with E-state index in [-0.39, 0.29) is 0 Å². The van der Waals surface area contributed by atoms with E-state index in [1.54, 1.807) is 11.8 Å². The van der Waals surface area contributed by atoms with Crippen LogP contribution in [0.5, 0.6) is 0 Å². The molecule has 1 aromatic rings. The Morgan fingerprint density at radius 2 is 1.95 bits per heavy atom. The predicted molar refractivity (Wildman–Crippen MR) is 89.0 cm³/mol. The van der Waals surface area contributed by atoms with Crippen LogP contribution in [-0.4, -0.2) is 16.2 Å². The molecule has 2 atom stereocenters. The van der Waals surface area contributed by atoms with Gasteiger partial charge < -0.3 is 0 Å². The highest BCUT2D eigenvalue weighted by Gasteiger charge is 2.12. The van der Waals surface area contributed by atoms with Gasteiger partial charge >= 0.3 is 0 Å².